The van der Waals surface area contributed by atoms with Crippen molar-refractivity contribution in [2.45, 2.75) is 19.8 Å². The van der Waals surface area contributed by atoms with E-state index in [4.69, 9.17) is 9.84 Å². The van der Waals surface area contributed by atoms with Crippen molar-refractivity contribution in [3.8, 4) is 5.75 Å². The van der Waals surface area contributed by atoms with Crippen molar-refractivity contribution >= 4 is 23.3 Å². The van der Waals surface area contributed by atoms with Gasteiger partial charge in [0.05, 0.1) is 12.1 Å². The van der Waals surface area contributed by atoms with E-state index in [1.807, 2.05) is 36.1 Å². The lowest BCUT2D eigenvalue weighted by Crippen LogP contribution is -2.30. The monoisotopic (exact) mass is 350 g/mol. The summed E-state index contributed by atoms with van der Waals surface area (Å²) in [4.78, 5) is 29.9. The van der Waals surface area contributed by atoms with Gasteiger partial charge in [0.2, 0.25) is 0 Å². The van der Waals surface area contributed by atoms with Crippen LogP contribution in [0.2, 0.25) is 0 Å². The number of Topliss-reactive ketones (excluding diaryl/α,β-unsaturated/α-hetero) is 1. The van der Waals surface area contributed by atoms with Gasteiger partial charge in [-0.05, 0) is 42.2 Å². The molecule has 0 atom stereocenters. The highest BCUT2D eigenvalue weighted by atomic mass is 16.5. The number of carboxylic acids is 1. The van der Waals surface area contributed by atoms with Crippen molar-refractivity contribution in [3.05, 3.63) is 58.8 Å². The molecule has 2 aromatic rings. The van der Waals surface area contributed by atoms with Crippen molar-refractivity contribution in [2.75, 3.05) is 18.1 Å². The smallest absolute Gasteiger partial charge is 0.337 e. The first-order valence-corrected chi connectivity index (χ1v) is 8.59. The zero-order valence-electron chi connectivity index (χ0n) is 14.4. The number of hydrogen-bond donors (Lipinski definition) is 1. The summed E-state index contributed by atoms with van der Waals surface area (Å²) in [5, 5.41) is 9.12. The summed E-state index contributed by atoms with van der Waals surface area (Å²) < 4.78 is 5.59. The maximum atomic E-state index is 12.5. The number of anilines is 2. The number of carbonyl (C=O) groups is 2. The summed E-state index contributed by atoms with van der Waals surface area (Å²) in [6.45, 7) is 3.04. The summed E-state index contributed by atoms with van der Waals surface area (Å²) in [5.41, 5.74) is 3.64. The van der Waals surface area contributed by atoms with Crippen LogP contribution in [0.3, 0.4) is 0 Å². The number of hydrogen-bond acceptors (Lipinski definition) is 5. The molecule has 132 valence electrons. The second-order valence-corrected chi connectivity index (χ2v) is 6.31. The molecule has 6 heteroatoms. The van der Waals surface area contributed by atoms with Crippen LogP contribution in [0.4, 0.5) is 11.5 Å². The molecule has 2 heterocycles. The minimum absolute atomic E-state index is 0.0962. The molecule has 6 nitrogen and oxygen atoms in total. The number of pyridine rings is 1. The first-order chi connectivity index (χ1) is 12.6. The van der Waals surface area contributed by atoms with E-state index in [1.54, 1.807) is 0 Å². The molecule has 26 heavy (non-hydrogen) atoms. The second-order valence-electron chi connectivity index (χ2n) is 6.31. The summed E-state index contributed by atoms with van der Waals surface area (Å²) in [5.74, 6) is 0.116. The standard InChI is InChI=1S/C20H18N2O4/c1-2-12-3-4-13-9-15(5-6-16(13)18(12)23)22-7-8-26-17-10-14(20(24)25)11-21-19(17)22/h3,5-6,9-11H,2,4,7-8H2,1H3,(H,24,25). The molecular weight excluding hydrogens is 332 g/mol. The van der Waals surface area contributed by atoms with Gasteiger partial charge in [-0.25, -0.2) is 9.78 Å². The van der Waals surface area contributed by atoms with E-state index in [2.05, 4.69) is 4.98 Å². The van der Waals surface area contributed by atoms with Crippen LogP contribution in [-0.2, 0) is 6.42 Å². The number of rotatable bonds is 3. The number of nitrogens with zero attached hydrogens (tertiary/aromatic N) is 2. The highest BCUT2D eigenvalue weighted by molar-refractivity contribution is 6.11. The van der Waals surface area contributed by atoms with Gasteiger partial charge in [-0.1, -0.05) is 13.0 Å². The zero-order valence-corrected chi connectivity index (χ0v) is 14.4. The SMILES string of the molecule is CCC1=CCc2cc(N3CCOc4cc(C(=O)O)cnc43)ccc2C1=O. The van der Waals surface area contributed by atoms with Gasteiger partial charge >= 0.3 is 5.97 Å². The first-order valence-electron chi connectivity index (χ1n) is 8.59. The van der Waals surface area contributed by atoms with Crippen LogP contribution in [0.15, 0.2) is 42.1 Å². The first kappa shape index (κ1) is 16.3. The zero-order chi connectivity index (χ0) is 18.3. The summed E-state index contributed by atoms with van der Waals surface area (Å²) in [7, 11) is 0. The van der Waals surface area contributed by atoms with Crippen LogP contribution in [-0.4, -0.2) is 35.0 Å². The van der Waals surface area contributed by atoms with Crippen LogP contribution >= 0.6 is 0 Å². The second kappa shape index (κ2) is 6.29. The van der Waals surface area contributed by atoms with Crippen LogP contribution in [0, 0.1) is 0 Å². The Hall–Kier alpha value is -3.15. The van der Waals surface area contributed by atoms with E-state index in [1.165, 1.54) is 12.3 Å². The van der Waals surface area contributed by atoms with Crippen LogP contribution in [0.25, 0.3) is 0 Å². The topological polar surface area (TPSA) is 79.7 Å². The fourth-order valence-electron chi connectivity index (χ4n) is 3.41. The summed E-state index contributed by atoms with van der Waals surface area (Å²) in [6.07, 6.45) is 4.81. The van der Waals surface area contributed by atoms with E-state index < -0.39 is 5.97 Å². The number of allylic oxidation sites excluding steroid dienone is 2. The lowest BCUT2D eigenvalue weighted by molar-refractivity contribution is 0.0695. The predicted molar refractivity (Wildman–Crippen MR) is 96.5 cm³/mol. The van der Waals surface area contributed by atoms with E-state index in [0.717, 1.165) is 35.2 Å². The number of aromatic nitrogens is 1. The molecule has 0 unspecified atom stereocenters. The van der Waals surface area contributed by atoms with Crippen molar-refractivity contribution in [1.82, 2.24) is 4.98 Å². The molecule has 1 aliphatic heterocycles. The minimum Gasteiger partial charge on any atom is -0.488 e. The van der Waals surface area contributed by atoms with Gasteiger partial charge in [-0.3, -0.25) is 4.79 Å². The largest absolute Gasteiger partial charge is 0.488 e. The Morgan fingerprint density at radius 3 is 2.96 bits per heavy atom. The number of ketones is 1. The molecule has 0 saturated heterocycles. The maximum Gasteiger partial charge on any atom is 0.337 e. The molecule has 0 spiro atoms. The van der Waals surface area contributed by atoms with Gasteiger partial charge < -0.3 is 14.7 Å². The van der Waals surface area contributed by atoms with Crippen molar-refractivity contribution in [1.29, 1.82) is 0 Å². The van der Waals surface area contributed by atoms with Crippen molar-refractivity contribution in [2.24, 2.45) is 0 Å². The van der Waals surface area contributed by atoms with Crippen LogP contribution < -0.4 is 9.64 Å². The van der Waals surface area contributed by atoms with Crippen molar-refractivity contribution in [3.63, 3.8) is 0 Å². The molecule has 4 rings (SSSR count). The molecule has 2 aliphatic rings. The fraction of sp³-hybridized carbons (Fsp3) is 0.250. The van der Waals surface area contributed by atoms with Gasteiger partial charge in [0.25, 0.3) is 0 Å². The van der Waals surface area contributed by atoms with Gasteiger partial charge in [0.1, 0.15) is 6.61 Å². The Bertz CT molecular complexity index is 949. The Kier molecular flexibility index (Phi) is 3.95. The molecule has 0 radical (unpaired) electrons. The van der Waals surface area contributed by atoms with E-state index in [0.29, 0.717) is 24.7 Å². The van der Waals surface area contributed by atoms with E-state index in [-0.39, 0.29) is 11.3 Å². The van der Waals surface area contributed by atoms with E-state index >= 15 is 0 Å². The van der Waals surface area contributed by atoms with Gasteiger partial charge in [0.15, 0.2) is 17.4 Å². The van der Waals surface area contributed by atoms with Crippen molar-refractivity contribution < 1.29 is 19.4 Å². The normalized spacial score (nSPS) is 15.7. The number of carboxylic acid groups (broad SMARTS) is 1. The van der Waals surface area contributed by atoms with Gasteiger partial charge in [-0.15, -0.1) is 0 Å². The van der Waals surface area contributed by atoms with Crippen LogP contribution in [0.5, 0.6) is 5.75 Å². The number of aromatic carboxylic acids is 1. The maximum absolute atomic E-state index is 12.5. The number of fused-ring (bicyclic) bond motifs is 2. The summed E-state index contributed by atoms with van der Waals surface area (Å²) >= 11 is 0. The molecular formula is C20H18N2O4. The lowest BCUT2D eigenvalue weighted by atomic mass is 9.89. The molecule has 1 aliphatic carbocycles. The number of benzene rings is 1. The predicted octanol–water partition coefficient (Wildman–Crippen LogP) is 3.39. The van der Waals surface area contributed by atoms with Crippen LogP contribution in [0.1, 0.15) is 39.6 Å². The molecule has 0 bridgehead atoms. The molecule has 0 amide bonds. The Morgan fingerprint density at radius 1 is 1.35 bits per heavy atom. The number of carbonyl (C=O) groups excluding carboxylic acids is 1. The van der Waals surface area contributed by atoms with E-state index in [9.17, 15) is 9.59 Å². The molecule has 1 aromatic heterocycles. The van der Waals surface area contributed by atoms with Gasteiger partial charge in [-0.2, -0.15) is 0 Å². The molecule has 1 aromatic carbocycles. The Balaban J connectivity index is 1.71. The molecule has 0 fully saturated rings. The highest BCUT2D eigenvalue weighted by Gasteiger charge is 2.25. The summed E-state index contributed by atoms with van der Waals surface area (Å²) in [6, 6.07) is 7.29. The minimum atomic E-state index is -1.04. The third kappa shape index (κ3) is 2.63. The average Bonchev–Trinajstić information content (AvgIpc) is 2.67. The Morgan fingerprint density at radius 2 is 2.19 bits per heavy atom. The number of ether oxygens (including phenoxy) is 1. The fourth-order valence-corrected chi connectivity index (χ4v) is 3.41. The highest BCUT2D eigenvalue weighted by Crippen LogP contribution is 2.36. The molecule has 1 N–H and O–H groups in total. The quantitative estimate of drug-likeness (QED) is 0.914. The third-order valence-corrected chi connectivity index (χ3v) is 4.79. The average molecular weight is 350 g/mol. The lowest BCUT2D eigenvalue weighted by Gasteiger charge is -2.31. The molecule has 0 saturated carbocycles. The Labute approximate surface area is 150 Å². The van der Waals surface area contributed by atoms with Gasteiger partial charge in [0, 0.05) is 23.5 Å². The third-order valence-electron chi connectivity index (χ3n) is 4.79.